The van der Waals surface area contributed by atoms with Crippen LogP contribution in [0.3, 0.4) is 0 Å². The van der Waals surface area contributed by atoms with Crippen molar-refractivity contribution in [2.45, 2.75) is 38.4 Å². The number of hydrogen-bond acceptors (Lipinski definition) is 6. The second kappa shape index (κ2) is 9.27. The number of aldehydes is 1. The van der Waals surface area contributed by atoms with Gasteiger partial charge >= 0.3 is 12.2 Å². The number of rotatable bonds is 5. The normalized spacial score (nSPS) is 15.8. The van der Waals surface area contributed by atoms with E-state index in [4.69, 9.17) is 4.74 Å². The van der Waals surface area contributed by atoms with Crippen molar-refractivity contribution < 1.29 is 32.3 Å². The zero-order valence-corrected chi connectivity index (χ0v) is 18.3. The number of carbonyl (C=O) groups excluding carboxylic acids is 3. The number of anilines is 2. The number of fused-ring (bicyclic) bond motifs is 1. The molecule has 12 heteroatoms. The first-order chi connectivity index (χ1) is 16.2. The highest BCUT2D eigenvalue weighted by Crippen LogP contribution is 2.36. The molecule has 0 bridgehead atoms. The summed E-state index contributed by atoms with van der Waals surface area (Å²) in [7, 11) is 1.09. The number of urea groups is 1. The van der Waals surface area contributed by atoms with E-state index in [-0.39, 0.29) is 24.0 Å². The molecule has 0 unspecified atom stereocenters. The van der Waals surface area contributed by atoms with Gasteiger partial charge in [0.05, 0.1) is 7.11 Å². The van der Waals surface area contributed by atoms with Crippen LogP contribution < -0.4 is 15.0 Å². The van der Waals surface area contributed by atoms with Crippen molar-refractivity contribution in [3.63, 3.8) is 0 Å². The van der Waals surface area contributed by atoms with Gasteiger partial charge in [0, 0.05) is 43.9 Å². The molecule has 0 aromatic carbocycles. The number of aryl methyl sites for hydroxylation is 1. The lowest BCUT2D eigenvalue weighted by atomic mass is 10.0. The molecule has 2 aromatic rings. The van der Waals surface area contributed by atoms with Crippen LogP contribution in [0, 0.1) is 0 Å². The number of alkyl halides is 3. The van der Waals surface area contributed by atoms with Crippen molar-refractivity contribution in [1.82, 2.24) is 14.9 Å². The van der Waals surface area contributed by atoms with Crippen molar-refractivity contribution in [1.29, 1.82) is 0 Å². The fourth-order valence-corrected chi connectivity index (χ4v) is 4.13. The maximum Gasteiger partial charge on any atom is 0.421 e. The topological polar surface area (TPSA) is 105 Å². The molecule has 9 nitrogen and oxygen atoms in total. The van der Waals surface area contributed by atoms with Crippen LogP contribution in [0.25, 0.3) is 0 Å². The molecule has 4 rings (SSSR count). The average molecular weight is 477 g/mol. The third-order valence-corrected chi connectivity index (χ3v) is 5.79. The Kier molecular flexibility index (Phi) is 6.40. The number of likely N-dealkylation sites (tertiary alicyclic amines) is 1. The van der Waals surface area contributed by atoms with Crippen LogP contribution in [0.2, 0.25) is 0 Å². The van der Waals surface area contributed by atoms with Gasteiger partial charge in [-0.15, -0.1) is 0 Å². The van der Waals surface area contributed by atoms with E-state index in [1.54, 1.807) is 11.0 Å². The van der Waals surface area contributed by atoms with Crippen LogP contribution in [0.1, 0.15) is 46.4 Å². The molecule has 0 atom stereocenters. The lowest BCUT2D eigenvalue weighted by Gasteiger charge is -2.29. The number of ether oxygens (including phenoxy) is 1. The van der Waals surface area contributed by atoms with Crippen molar-refractivity contribution in [2.24, 2.45) is 0 Å². The van der Waals surface area contributed by atoms with Crippen molar-refractivity contribution in [2.75, 3.05) is 30.4 Å². The quantitative estimate of drug-likeness (QED) is 0.662. The Morgan fingerprint density at radius 2 is 2.00 bits per heavy atom. The Morgan fingerprint density at radius 3 is 2.65 bits per heavy atom. The molecule has 4 heterocycles. The Bertz CT molecular complexity index is 1140. The van der Waals surface area contributed by atoms with Crippen LogP contribution in [-0.4, -0.2) is 53.3 Å². The summed E-state index contributed by atoms with van der Waals surface area (Å²) < 4.78 is 44.0. The van der Waals surface area contributed by atoms with Gasteiger partial charge in [-0.1, -0.05) is 0 Å². The van der Waals surface area contributed by atoms with Gasteiger partial charge in [0.2, 0.25) is 5.91 Å². The van der Waals surface area contributed by atoms with E-state index >= 15 is 0 Å². The van der Waals surface area contributed by atoms with E-state index in [1.165, 1.54) is 4.90 Å². The average Bonchev–Trinajstić information content (AvgIpc) is 3.21. The largest absolute Gasteiger partial charge is 0.496 e. The van der Waals surface area contributed by atoms with Crippen molar-refractivity contribution in [3.8, 4) is 5.75 Å². The molecule has 3 amide bonds. The predicted molar refractivity (Wildman–Crippen MR) is 115 cm³/mol. The summed E-state index contributed by atoms with van der Waals surface area (Å²) in [6, 6.07) is 2.13. The second-order valence-electron chi connectivity index (χ2n) is 8.01. The molecule has 0 saturated carbocycles. The molecule has 2 aliphatic rings. The third kappa shape index (κ3) is 4.66. The molecule has 2 aliphatic heterocycles. The Morgan fingerprint density at radius 1 is 1.24 bits per heavy atom. The molecule has 1 N–H and O–H groups in total. The van der Waals surface area contributed by atoms with Gasteiger partial charge in [-0.3, -0.25) is 19.8 Å². The smallest absolute Gasteiger partial charge is 0.421 e. The lowest BCUT2D eigenvalue weighted by molar-refractivity contribution is -0.139. The first-order valence-corrected chi connectivity index (χ1v) is 10.7. The summed E-state index contributed by atoms with van der Waals surface area (Å²) in [5, 5.41) is 2.47. The predicted octanol–water partition coefficient (Wildman–Crippen LogP) is 3.42. The molecule has 34 heavy (non-hydrogen) atoms. The molecule has 0 spiro atoms. The van der Waals surface area contributed by atoms with Gasteiger partial charge in [0.15, 0.2) is 6.29 Å². The lowest BCUT2D eigenvalue weighted by Crippen LogP contribution is -2.40. The SMILES string of the molecule is COc1cc(NC(=O)N2CCCc3cc(CN4CCCC4=O)c(C=O)nc32)ncc1C(F)(F)F. The number of hydrogen-bond donors (Lipinski definition) is 1. The number of methoxy groups -OCH3 is 1. The highest BCUT2D eigenvalue weighted by molar-refractivity contribution is 6.01. The number of nitrogens with zero attached hydrogens (tertiary/aromatic N) is 4. The van der Waals surface area contributed by atoms with Crippen LogP contribution >= 0.6 is 0 Å². The number of carbonyl (C=O) groups is 3. The van der Waals surface area contributed by atoms with E-state index in [9.17, 15) is 27.6 Å². The number of nitrogens with one attached hydrogen (secondary N) is 1. The second-order valence-corrected chi connectivity index (χ2v) is 8.01. The maximum atomic E-state index is 13.1. The van der Waals surface area contributed by atoms with E-state index < -0.39 is 23.5 Å². The van der Waals surface area contributed by atoms with Crippen LogP contribution in [0.4, 0.5) is 29.6 Å². The number of amides is 3. The van der Waals surface area contributed by atoms with Crippen LogP contribution in [0.5, 0.6) is 5.75 Å². The van der Waals surface area contributed by atoms with Gasteiger partial charge in [-0.2, -0.15) is 13.2 Å². The Labute approximate surface area is 192 Å². The molecule has 0 aliphatic carbocycles. The Hall–Kier alpha value is -3.70. The molecule has 2 aromatic heterocycles. The standard InChI is InChI=1S/C22H22F3N5O4/c1-34-17-9-18(26-10-15(17)22(23,24)25)28-21(33)30-7-2-4-13-8-14(16(12-31)27-20(13)30)11-29-6-3-5-19(29)32/h8-10,12H,2-7,11H2,1H3,(H,26,28,33). The first kappa shape index (κ1) is 23.5. The van der Waals surface area contributed by atoms with Gasteiger partial charge in [-0.25, -0.2) is 14.8 Å². The number of halogens is 3. The fraction of sp³-hybridized carbons (Fsp3) is 0.409. The first-order valence-electron chi connectivity index (χ1n) is 10.7. The van der Waals surface area contributed by atoms with Gasteiger partial charge < -0.3 is 9.64 Å². The Balaban J connectivity index is 1.58. The molecule has 0 radical (unpaired) electrons. The van der Waals surface area contributed by atoms with Gasteiger partial charge in [-0.05, 0) is 30.9 Å². The van der Waals surface area contributed by atoms with E-state index in [2.05, 4.69) is 15.3 Å². The molecule has 180 valence electrons. The number of pyridine rings is 2. The summed E-state index contributed by atoms with van der Waals surface area (Å²) in [5.41, 5.74) is 0.428. The van der Waals surface area contributed by atoms with E-state index in [1.807, 2.05) is 0 Å². The highest BCUT2D eigenvalue weighted by atomic mass is 19.4. The minimum absolute atomic E-state index is 0.0232. The van der Waals surface area contributed by atoms with Gasteiger partial charge in [0.25, 0.3) is 0 Å². The molecular formula is C22H22F3N5O4. The zero-order chi connectivity index (χ0) is 24.5. The molecule has 1 fully saturated rings. The summed E-state index contributed by atoms with van der Waals surface area (Å²) in [5.74, 6) is -0.280. The van der Waals surface area contributed by atoms with Crippen molar-refractivity contribution >= 4 is 29.9 Å². The molecular weight excluding hydrogens is 455 g/mol. The van der Waals surface area contributed by atoms with Gasteiger partial charge in [0.1, 0.15) is 28.6 Å². The maximum absolute atomic E-state index is 13.1. The number of aromatic nitrogens is 2. The van der Waals surface area contributed by atoms with E-state index in [0.717, 1.165) is 25.2 Å². The fourth-order valence-electron chi connectivity index (χ4n) is 4.13. The van der Waals surface area contributed by atoms with Crippen molar-refractivity contribution in [3.05, 3.63) is 40.7 Å². The summed E-state index contributed by atoms with van der Waals surface area (Å²) in [4.78, 5) is 47.7. The van der Waals surface area contributed by atoms with Crippen LogP contribution in [0.15, 0.2) is 18.3 Å². The monoisotopic (exact) mass is 477 g/mol. The minimum Gasteiger partial charge on any atom is -0.496 e. The minimum atomic E-state index is -4.65. The molecule has 1 saturated heterocycles. The van der Waals surface area contributed by atoms with Crippen LogP contribution in [-0.2, 0) is 23.9 Å². The summed E-state index contributed by atoms with van der Waals surface area (Å²) in [6.45, 7) is 1.19. The third-order valence-electron chi connectivity index (χ3n) is 5.79. The summed E-state index contributed by atoms with van der Waals surface area (Å²) in [6.07, 6.45) is -0.988. The highest BCUT2D eigenvalue weighted by Gasteiger charge is 2.35. The zero-order valence-electron chi connectivity index (χ0n) is 18.3. The summed E-state index contributed by atoms with van der Waals surface area (Å²) >= 11 is 0. The van der Waals surface area contributed by atoms with E-state index in [0.29, 0.717) is 56.2 Å².